The van der Waals surface area contributed by atoms with Crippen molar-refractivity contribution >= 4 is 43.6 Å². The maximum Gasteiger partial charge on any atom is 0.281 e. The number of halogens is 1. The third-order valence-corrected chi connectivity index (χ3v) is 5.33. The van der Waals surface area contributed by atoms with E-state index in [0.29, 0.717) is 21.4 Å². The lowest BCUT2D eigenvalue weighted by Crippen LogP contribution is -2.16. The molecular formula is C12H11ClN4O2S2. The van der Waals surface area contributed by atoms with E-state index < -0.39 is 10.0 Å². The quantitative estimate of drug-likeness (QED) is 0.794. The molecule has 2 heterocycles. The molecule has 0 amide bonds. The van der Waals surface area contributed by atoms with Gasteiger partial charge in [-0.1, -0.05) is 22.9 Å². The number of imidazole rings is 1. The zero-order chi connectivity index (χ0) is 15.2. The Bertz CT molecular complexity index is 913. The van der Waals surface area contributed by atoms with Gasteiger partial charge in [0.2, 0.25) is 9.99 Å². The summed E-state index contributed by atoms with van der Waals surface area (Å²) in [7, 11) is -3.78. The Morgan fingerprint density at radius 1 is 1.24 bits per heavy atom. The van der Waals surface area contributed by atoms with E-state index in [9.17, 15) is 8.42 Å². The number of aryl methyl sites for hydroxylation is 2. The van der Waals surface area contributed by atoms with Crippen LogP contribution in [0.15, 0.2) is 29.3 Å². The molecule has 0 saturated heterocycles. The normalized spacial score (nSPS) is 12.0. The Labute approximate surface area is 130 Å². The van der Waals surface area contributed by atoms with Crippen LogP contribution in [-0.4, -0.2) is 23.0 Å². The highest BCUT2D eigenvalue weighted by atomic mass is 35.5. The second-order valence-electron chi connectivity index (χ2n) is 4.43. The van der Waals surface area contributed by atoms with Crippen molar-refractivity contribution in [2.45, 2.75) is 18.9 Å². The predicted molar refractivity (Wildman–Crippen MR) is 82.6 cm³/mol. The van der Waals surface area contributed by atoms with Gasteiger partial charge in [0.05, 0.1) is 5.69 Å². The van der Waals surface area contributed by atoms with Crippen molar-refractivity contribution in [2.24, 2.45) is 0 Å². The molecule has 0 aliphatic rings. The molecule has 0 aliphatic carbocycles. The molecule has 6 nitrogen and oxygen atoms in total. The van der Waals surface area contributed by atoms with Gasteiger partial charge in [-0.3, -0.25) is 4.72 Å². The molecular weight excluding hydrogens is 332 g/mol. The van der Waals surface area contributed by atoms with Gasteiger partial charge in [-0.15, -0.1) is 0 Å². The van der Waals surface area contributed by atoms with Crippen molar-refractivity contribution in [3.8, 4) is 0 Å². The van der Waals surface area contributed by atoms with Crippen LogP contribution in [0.1, 0.15) is 10.7 Å². The third-order valence-electron chi connectivity index (χ3n) is 2.78. The fourth-order valence-electron chi connectivity index (χ4n) is 1.96. The minimum atomic E-state index is -3.78. The van der Waals surface area contributed by atoms with Crippen LogP contribution >= 0.6 is 22.9 Å². The summed E-state index contributed by atoms with van der Waals surface area (Å²) in [6.07, 6.45) is 0. The second-order valence-corrected chi connectivity index (χ2v) is 7.62. The number of hydrogen-bond donors (Lipinski definition) is 1. The Morgan fingerprint density at radius 3 is 2.57 bits per heavy atom. The number of rotatable bonds is 3. The lowest BCUT2D eigenvalue weighted by molar-refractivity contribution is 0.592. The average Bonchev–Trinajstić information content (AvgIpc) is 2.86. The van der Waals surface area contributed by atoms with E-state index in [1.54, 1.807) is 38.1 Å². The minimum absolute atomic E-state index is 0.0526. The van der Waals surface area contributed by atoms with Crippen LogP contribution in [0.5, 0.6) is 0 Å². The van der Waals surface area contributed by atoms with Crippen molar-refractivity contribution in [1.29, 1.82) is 0 Å². The van der Waals surface area contributed by atoms with E-state index in [4.69, 9.17) is 11.6 Å². The molecule has 0 spiro atoms. The number of hydrogen-bond acceptors (Lipinski definition) is 5. The van der Waals surface area contributed by atoms with Crippen molar-refractivity contribution < 1.29 is 8.42 Å². The predicted octanol–water partition coefficient (Wildman–Crippen LogP) is 2.86. The van der Waals surface area contributed by atoms with Gasteiger partial charge in [0.15, 0.2) is 0 Å². The van der Waals surface area contributed by atoms with Crippen LogP contribution < -0.4 is 4.72 Å². The van der Waals surface area contributed by atoms with E-state index in [1.807, 2.05) is 0 Å². The van der Waals surface area contributed by atoms with Crippen molar-refractivity contribution in [3.63, 3.8) is 0 Å². The Hall–Kier alpha value is -1.64. The number of sulfonamides is 1. The van der Waals surface area contributed by atoms with Crippen molar-refractivity contribution in [3.05, 3.63) is 40.0 Å². The van der Waals surface area contributed by atoms with Gasteiger partial charge in [0.1, 0.15) is 5.01 Å². The first-order valence-corrected chi connectivity index (χ1v) is 8.66. The van der Waals surface area contributed by atoms with Gasteiger partial charge in [-0.25, -0.2) is 4.98 Å². The molecule has 1 N–H and O–H groups in total. The van der Waals surface area contributed by atoms with Gasteiger partial charge in [0, 0.05) is 10.7 Å². The summed E-state index contributed by atoms with van der Waals surface area (Å²) in [5.41, 5.74) is 0.843. The minimum Gasteiger partial charge on any atom is -0.278 e. The molecule has 21 heavy (non-hydrogen) atoms. The zero-order valence-corrected chi connectivity index (χ0v) is 13.6. The number of benzene rings is 1. The summed E-state index contributed by atoms with van der Waals surface area (Å²) in [6.45, 7) is 3.45. The van der Waals surface area contributed by atoms with Gasteiger partial charge in [-0.05, 0) is 38.1 Å². The molecule has 0 saturated carbocycles. The number of aromatic nitrogens is 3. The lowest BCUT2D eigenvalue weighted by Gasteiger charge is -2.07. The fraction of sp³-hybridized carbons (Fsp3) is 0.167. The second kappa shape index (κ2) is 4.97. The molecule has 0 aliphatic heterocycles. The van der Waals surface area contributed by atoms with Crippen molar-refractivity contribution in [2.75, 3.05) is 4.72 Å². The van der Waals surface area contributed by atoms with E-state index >= 15 is 0 Å². The number of nitrogens with one attached hydrogen (secondary N) is 1. The standard InChI is InChI=1S/C12H11ClN4O2S2/c1-7-11(17-12(14-7)20-8(2)15-17)21(18,19)16-10-5-3-9(13)4-6-10/h3-6,16H,1-2H3. The summed E-state index contributed by atoms with van der Waals surface area (Å²) in [5.74, 6) is 0. The molecule has 0 unspecified atom stereocenters. The molecule has 2 aromatic heterocycles. The van der Waals surface area contributed by atoms with Crippen molar-refractivity contribution in [1.82, 2.24) is 14.6 Å². The maximum atomic E-state index is 12.6. The molecule has 0 fully saturated rings. The van der Waals surface area contributed by atoms with Gasteiger partial charge >= 0.3 is 0 Å². The SMILES string of the molecule is Cc1nn2c(S(=O)(=O)Nc3ccc(Cl)cc3)c(C)nc2s1. The fourth-order valence-corrected chi connectivity index (χ4v) is 4.26. The van der Waals surface area contributed by atoms with Gasteiger partial charge in [0.25, 0.3) is 10.0 Å². The highest BCUT2D eigenvalue weighted by molar-refractivity contribution is 7.92. The summed E-state index contributed by atoms with van der Waals surface area (Å²) in [6, 6.07) is 6.43. The Kier molecular flexibility index (Phi) is 3.39. The van der Waals surface area contributed by atoms with E-state index in [2.05, 4.69) is 14.8 Å². The Balaban J connectivity index is 2.07. The summed E-state index contributed by atoms with van der Waals surface area (Å²) in [4.78, 5) is 4.79. The topological polar surface area (TPSA) is 76.4 Å². The zero-order valence-electron chi connectivity index (χ0n) is 11.2. The first kappa shape index (κ1) is 14.3. The lowest BCUT2D eigenvalue weighted by atomic mass is 10.3. The first-order chi connectivity index (χ1) is 9.87. The smallest absolute Gasteiger partial charge is 0.278 e. The van der Waals surface area contributed by atoms with E-state index in [0.717, 1.165) is 5.01 Å². The molecule has 1 aromatic carbocycles. The number of fused-ring (bicyclic) bond motifs is 1. The van der Waals surface area contributed by atoms with Crippen LogP contribution in [0, 0.1) is 13.8 Å². The molecule has 3 rings (SSSR count). The van der Waals surface area contributed by atoms with Crippen LogP contribution in [0.2, 0.25) is 5.02 Å². The third kappa shape index (κ3) is 2.61. The first-order valence-electron chi connectivity index (χ1n) is 5.98. The summed E-state index contributed by atoms with van der Waals surface area (Å²) < 4.78 is 29.0. The van der Waals surface area contributed by atoms with Gasteiger partial charge < -0.3 is 0 Å². The molecule has 9 heteroatoms. The van der Waals surface area contributed by atoms with Crippen LogP contribution in [0.3, 0.4) is 0 Å². The van der Waals surface area contributed by atoms with E-state index in [-0.39, 0.29) is 5.03 Å². The average molecular weight is 343 g/mol. The number of nitrogens with zero attached hydrogens (tertiary/aromatic N) is 3. The molecule has 0 bridgehead atoms. The molecule has 110 valence electrons. The largest absolute Gasteiger partial charge is 0.281 e. The molecule has 0 atom stereocenters. The molecule has 0 radical (unpaired) electrons. The summed E-state index contributed by atoms with van der Waals surface area (Å²) >= 11 is 7.13. The highest BCUT2D eigenvalue weighted by Crippen LogP contribution is 2.24. The summed E-state index contributed by atoms with van der Waals surface area (Å²) in [5, 5.41) is 5.53. The number of anilines is 1. The highest BCUT2D eigenvalue weighted by Gasteiger charge is 2.25. The van der Waals surface area contributed by atoms with E-state index in [1.165, 1.54) is 15.9 Å². The molecule has 3 aromatic rings. The van der Waals surface area contributed by atoms with Crippen LogP contribution in [0.4, 0.5) is 5.69 Å². The maximum absolute atomic E-state index is 12.6. The van der Waals surface area contributed by atoms with Crippen LogP contribution in [-0.2, 0) is 10.0 Å². The van der Waals surface area contributed by atoms with Crippen LogP contribution in [0.25, 0.3) is 4.96 Å². The van der Waals surface area contributed by atoms with Gasteiger partial charge in [-0.2, -0.15) is 18.0 Å². The monoisotopic (exact) mass is 342 g/mol. The Morgan fingerprint density at radius 2 is 1.90 bits per heavy atom.